The molecule has 5 rings (SSSR count). The molecule has 0 aromatic rings. The number of hydrogen-bond acceptors (Lipinski definition) is 3. The summed E-state index contributed by atoms with van der Waals surface area (Å²) in [6.45, 7) is 2.29. The minimum atomic E-state index is -0.300. The third kappa shape index (κ3) is 2.76. The standard InChI is InChI=1S/C17H27N3O3/c1-23-16(22)20-4-2-19(3-5-20)15(21)18-17-9-12-6-13(10-17)8-14(7-12)11-17/h12-14H,2-11H2,1H3,(H,18,21). The van der Waals surface area contributed by atoms with Crippen molar-refractivity contribution in [1.82, 2.24) is 15.1 Å². The summed E-state index contributed by atoms with van der Waals surface area (Å²) in [4.78, 5) is 27.8. The Morgan fingerprint density at radius 1 is 0.913 bits per heavy atom. The summed E-state index contributed by atoms with van der Waals surface area (Å²) >= 11 is 0. The van der Waals surface area contributed by atoms with Crippen molar-refractivity contribution in [2.24, 2.45) is 17.8 Å². The zero-order valence-electron chi connectivity index (χ0n) is 13.9. The number of methoxy groups -OCH3 is 1. The average molecular weight is 321 g/mol. The summed E-state index contributed by atoms with van der Waals surface area (Å²) in [5.41, 5.74) is 0.0608. The summed E-state index contributed by atoms with van der Waals surface area (Å²) in [5, 5.41) is 3.40. The largest absolute Gasteiger partial charge is 0.453 e. The fourth-order valence-electron chi connectivity index (χ4n) is 5.79. The molecule has 23 heavy (non-hydrogen) atoms. The van der Waals surface area contributed by atoms with Gasteiger partial charge in [-0.25, -0.2) is 9.59 Å². The second-order valence-corrected chi connectivity index (χ2v) is 8.07. The van der Waals surface area contributed by atoms with E-state index >= 15 is 0 Å². The van der Waals surface area contributed by atoms with Gasteiger partial charge in [-0.3, -0.25) is 0 Å². The molecule has 6 nitrogen and oxygen atoms in total. The van der Waals surface area contributed by atoms with Gasteiger partial charge >= 0.3 is 12.1 Å². The minimum Gasteiger partial charge on any atom is -0.453 e. The van der Waals surface area contributed by atoms with Gasteiger partial charge in [0, 0.05) is 31.7 Å². The maximum Gasteiger partial charge on any atom is 0.409 e. The molecule has 128 valence electrons. The van der Waals surface area contributed by atoms with Crippen LogP contribution in [0.1, 0.15) is 38.5 Å². The van der Waals surface area contributed by atoms with Crippen LogP contribution in [0.3, 0.4) is 0 Å². The third-order valence-electron chi connectivity index (χ3n) is 6.41. The first-order chi connectivity index (χ1) is 11.1. The molecule has 4 aliphatic carbocycles. The van der Waals surface area contributed by atoms with Crippen LogP contribution in [-0.2, 0) is 4.74 Å². The van der Waals surface area contributed by atoms with E-state index in [0.29, 0.717) is 26.2 Å². The molecule has 1 N–H and O–H groups in total. The molecule has 0 aromatic heterocycles. The lowest BCUT2D eigenvalue weighted by atomic mass is 9.53. The van der Waals surface area contributed by atoms with E-state index < -0.39 is 0 Å². The molecule has 0 spiro atoms. The molecule has 0 atom stereocenters. The molecule has 4 saturated carbocycles. The van der Waals surface area contributed by atoms with Crippen LogP contribution < -0.4 is 5.32 Å². The molecule has 0 unspecified atom stereocenters. The second-order valence-electron chi connectivity index (χ2n) is 8.07. The quantitative estimate of drug-likeness (QED) is 0.804. The predicted octanol–water partition coefficient (Wildman–Crippen LogP) is 2.05. The van der Waals surface area contributed by atoms with Gasteiger partial charge in [0.1, 0.15) is 0 Å². The molecule has 0 radical (unpaired) electrons. The van der Waals surface area contributed by atoms with Crippen LogP contribution in [0, 0.1) is 17.8 Å². The second kappa shape index (κ2) is 5.56. The van der Waals surface area contributed by atoms with Crippen molar-refractivity contribution < 1.29 is 14.3 Å². The van der Waals surface area contributed by atoms with Crippen LogP contribution in [0.2, 0.25) is 0 Å². The Balaban J connectivity index is 1.35. The summed E-state index contributed by atoms with van der Waals surface area (Å²) in [6, 6.07) is 0.0662. The monoisotopic (exact) mass is 321 g/mol. The highest BCUT2D eigenvalue weighted by atomic mass is 16.5. The Bertz CT molecular complexity index is 464. The lowest BCUT2D eigenvalue weighted by Crippen LogP contribution is -2.63. The SMILES string of the molecule is COC(=O)N1CCN(C(=O)NC23CC4CC(CC(C4)C2)C3)CC1. The van der Waals surface area contributed by atoms with E-state index in [2.05, 4.69) is 5.32 Å². The van der Waals surface area contributed by atoms with Gasteiger partial charge in [0.2, 0.25) is 0 Å². The molecule has 1 aliphatic heterocycles. The first-order valence-electron chi connectivity index (χ1n) is 8.97. The first-order valence-corrected chi connectivity index (χ1v) is 8.97. The third-order valence-corrected chi connectivity index (χ3v) is 6.41. The van der Waals surface area contributed by atoms with E-state index in [9.17, 15) is 9.59 Å². The van der Waals surface area contributed by atoms with E-state index in [1.54, 1.807) is 4.90 Å². The Morgan fingerprint density at radius 3 is 1.87 bits per heavy atom. The van der Waals surface area contributed by atoms with Gasteiger partial charge in [0.25, 0.3) is 0 Å². The number of nitrogens with one attached hydrogen (secondary N) is 1. The van der Waals surface area contributed by atoms with Crippen LogP contribution in [0.15, 0.2) is 0 Å². The number of ether oxygens (including phenoxy) is 1. The lowest BCUT2D eigenvalue weighted by molar-refractivity contribution is -0.0164. The summed E-state index contributed by atoms with van der Waals surface area (Å²) < 4.78 is 4.74. The first kappa shape index (κ1) is 15.1. The smallest absolute Gasteiger partial charge is 0.409 e. The molecular formula is C17H27N3O3. The van der Waals surface area contributed by atoms with Crippen molar-refractivity contribution in [2.75, 3.05) is 33.3 Å². The van der Waals surface area contributed by atoms with Crippen molar-refractivity contribution >= 4 is 12.1 Å². The van der Waals surface area contributed by atoms with Crippen LogP contribution in [0.4, 0.5) is 9.59 Å². The Morgan fingerprint density at radius 2 is 1.39 bits per heavy atom. The van der Waals surface area contributed by atoms with E-state index in [4.69, 9.17) is 4.74 Å². The van der Waals surface area contributed by atoms with Crippen molar-refractivity contribution in [2.45, 2.75) is 44.1 Å². The van der Waals surface area contributed by atoms with Crippen molar-refractivity contribution in [3.05, 3.63) is 0 Å². The lowest BCUT2D eigenvalue weighted by Gasteiger charge is -2.57. The molecule has 1 heterocycles. The maximum atomic E-state index is 12.7. The number of hydrogen-bond donors (Lipinski definition) is 1. The van der Waals surface area contributed by atoms with Crippen LogP contribution in [-0.4, -0.2) is 60.8 Å². The Labute approximate surface area is 137 Å². The van der Waals surface area contributed by atoms with Gasteiger partial charge in [0.15, 0.2) is 0 Å². The summed E-state index contributed by atoms with van der Waals surface area (Å²) in [6.07, 6.45) is 7.37. The van der Waals surface area contributed by atoms with Crippen LogP contribution >= 0.6 is 0 Å². The van der Waals surface area contributed by atoms with Crippen LogP contribution in [0.25, 0.3) is 0 Å². The summed E-state index contributed by atoms with van der Waals surface area (Å²) in [5.74, 6) is 2.49. The van der Waals surface area contributed by atoms with Gasteiger partial charge in [0.05, 0.1) is 7.11 Å². The molecule has 5 aliphatic rings. The number of rotatable bonds is 1. The number of nitrogens with zero attached hydrogens (tertiary/aromatic N) is 2. The topological polar surface area (TPSA) is 61.9 Å². The fraction of sp³-hybridized carbons (Fsp3) is 0.882. The van der Waals surface area contributed by atoms with E-state index in [-0.39, 0.29) is 17.7 Å². The molecule has 0 aromatic carbocycles. The van der Waals surface area contributed by atoms with E-state index in [1.165, 1.54) is 45.6 Å². The van der Waals surface area contributed by atoms with Gasteiger partial charge in [-0.05, 0) is 56.3 Å². The van der Waals surface area contributed by atoms with Gasteiger partial charge in [-0.2, -0.15) is 0 Å². The molecule has 3 amide bonds. The zero-order chi connectivity index (χ0) is 16.0. The molecular weight excluding hydrogens is 294 g/mol. The van der Waals surface area contributed by atoms with Crippen molar-refractivity contribution in [1.29, 1.82) is 0 Å². The van der Waals surface area contributed by atoms with Crippen molar-refractivity contribution in [3.8, 4) is 0 Å². The zero-order valence-corrected chi connectivity index (χ0v) is 13.9. The normalized spacial score (nSPS) is 38.6. The van der Waals surface area contributed by atoms with E-state index in [0.717, 1.165) is 17.8 Å². The number of amides is 3. The van der Waals surface area contributed by atoms with Gasteiger partial charge in [-0.1, -0.05) is 0 Å². The highest BCUT2D eigenvalue weighted by molar-refractivity contribution is 5.76. The Hall–Kier alpha value is -1.46. The number of carbonyl (C=O) groups excluding carboxylic acids is 2. The molecule has 6 heteroatoms. The van der Waals surface area contributed by atoms with Crippen molar-refractivity contribution in [3.63, 3.8) is 0 Å². The predicted molar refractivity (Wildman–Crippen MR) is 85.0 cm³/mol. The molecule has 4 bridgehead atoms. The highest BCUT2D eigenvalue weighted by Gasteiger charge is 2.51. The number of piperazine rings is 1. The fourth-order valence-corrected chi connectivity index (χ4v) is 5.79. The molecule has 5 fully saturated rings. The van der Waals surface area contributed by atoms with E-state index in [1.807, 2.05) is 4.90 Å². The highest BCUT2D eigenvalue weighted by Crippen LogP contribution is 2.55. The number of urea groups is 1. The Kier molecular flexibility index (Phi) is 3.65. The summed E-state index contributed by atoms with van der Waals surface area (Å²) in [7, 11) is 1.40. The molecule has 1 saturated heterocycles. The minimum absolute atomic E-state index is 0.0608. The maximum absolute atomic E-state index is 12.7. The van der Waals surface area contributed by atoms with Gasteiger partial charge < -0.3 is 19.9 Å². The number of carbonyl (C=O) groups is 2. The van der Waals surface area contributed by atoms with Gasteiger partial charge in [-0.15, -0.1) is 0 Å². The average Bonchev–Trinajstić information content (AvgIpc) is 2.52. The van der Waals surface area contributed by atoms with Crippen LogP contribution in [0.5, 0.6) is 0 Å².